The van der Waals surface area contributed by atoms with Gasteiger partial charge in [0.25, 0.3) is 5.91 Å². The minimum atomic E-state index is -0.0730. The lowest BCUT2D eigenvalue weighted by Crippen LogP contribution is -2.36. The highest BCUT2D eigenvalue weighted by atomic mass is 35.5. The Morgan fingerprint density at radius 1 is 1.16 bits per heavy atom. The molecule has 0 atom stereocenters. The zero-order chi connectivity index (χ0) is 17.6. The molecule has 0 spiro atoms. The van der Waals surface area contributed by atoms with Gasteiger partial charge in [-0.15, -0.1) is 0 Å². The number of hydrogen-bond acceptors (Lipinski definition) is 4. The minimum absolute atomic E-state index is 0.0730. The van der Waals surface area contributed by atoms with E-state index in [1.807, 2.05) is 36.4 Å². The molecule has 0 aliphatic carbocycles. The summed E-state index contributed by atoms with van der Waals surface area (Å²) in [4.78, 5) is 18.1. The van der Waals surface area contributed by atoms with E-state index in [9.17, 15) is 4.79 Å². The third-order valence-corrected chi connectivity index (χ3v) is 4.04. The van der Waals surface area contributed by atoms with Crippen molar-refractivity contribution in [3.05, 3.63) is 53.6 Å². The fourth-order valence-electron chi connectivity index (χ4n) is 2.45. The van der Waals surface area contributed by atoms with Crippen molar-refractivity contribution in [2.24, 2.45) is 4.99 Å². The number of nitrogens with zero attached hydrogens (tertiary/aromatic N) is 2. The Kier molecular flexibility index (Phi) is 5.56. The van der Waals surface area contributed by atoms with Crippen molar-refractivity contribution >= 4 is 34.8 Å². The molecule has 1 N–H and O–H groups in total. The molecule has 2 aromatic carbocycles. The summed E-state index contributed by atoms with van der Waals surface area (Å²) in [6.45, 7) is 2.95. The van der Waals surface area contributed by atoms with Crippen molar-refractivity contribution in [2.45, 2.75) is 19.8 Å². The van der Waals surface area contributed by atoms with Gasteiger partial charge in [0.2, 0.25) is 5.96 Å². The molecule has 2 aromatic rings. The number of halogens is 1. The van der Waals surface area contributed by atoms with E-state index in [4.69, 9.17) is 16.3 Å². The monoisotopic (exact) mass is 357 g/mol. The zero-order valence-corrected chi connectivity index (χ0v) is 14.8. The van der Waals surface area contributed by atoms with Gasteiger partial charge in [0, 0.05) is 10.7 Å². The van der Waals surface area contributed by atoms with Gasteiger partial charge in [-0.05, 0) is 55.0 Å². The van der Waals surface area contributed by atoms with Gasteiger partial charge >= 0.3 is 0 Å². The number of guanidine groups is 1. The molecular formula is C19H20ClN3O2. The Balaban J connectivity index is 1.71. The van der Waals surface area contributed by atoms with Crippen LogP contribution in [-0.4, -0.2) is 25.0 Å². The molecule has 130 valence electrons. The molecule has 0 fully saturated rings. The summed E-state index contributed by atoms with van der Waals surface area (Å²) in [5.41, 5.74) is 1.58. The number of anilines is 2. The molecule has 1 aliphatic rings. The third kappa shape index (κ3) is 4.31. The van der Waals surface area contributed by atoms with Crippen molar-refractivity contribution in [2.75, 3.05) is 23.4 Å². The number of carbonyl (C=O) groups excluding carboxylic acids is 1. The van der Waals surface area contributed by atoms with Gasteiger partial charge in [0.15, 0.2) is 0 Å². The highest BCUT2D eigenvalue weighted by Crippen LogP contribution is 2.23. The summed E-state index contributed by atoms with van der Waals surface area (Å²) in [6, 6.07) is 14.7. The van der Waals surface area contributed by atoms with E-state index < -0.39 is 0 Å². The van der Waals surface area contributed by atoms with Crippen LogP contribution in [0.3, 0.4) is 0 Å². The highest BCUT2D eigenvalue weighted by molar-refractivity contribution is 6.30. The summed E-state index contributed by atoms with van der Waals surface area (Å²) < 4.78 is 5.66. The largest absolute Gasteiger partial charge is 0.494 e. The first kappa shape index (κ1) is 17.3. The van der Waals surface area contributed by atoms with Crippen molar-refractivity contribution in [1.82, 2.24) is 0 Å². The highest BCUT2D eigenvalue weighted by Gasteiger charge is 2.27. The van der Waals surface area contributed by atoms with Crippen molar-refractivity contribution in [3.63, 3.8) is 0 Å². The van der Waals surface area contributed by atoms with E-state index in [0.717, 1.165) is 30.0 Å². The molecule has 1 amide bonds. The Labute approximate surface area is 152 Å². The predicted octanol–water partition coefficient (Wildman–Crippen LogP) is 4.33. The normalized spacial score (nSPS) is 13.8. The van der Waals surface area contributed by atoms with Gasteiger partial charge in [0.1, 0.15) is 12.3 Å². The fourth-order valence-corrected chi connectivity index (χ4v) is 2.58. The number of nitrogens with one attached hydrogen (secondary N) is 1. The first-order chi connectivity index (χ1) is 12.2. The maximum Gasteiger partial charge on any atom is 0.255 e. The quantitative estimate of drug-likeness (QED) is 0.783. The van der Waals surface area contributed by atoms with Crippen LogP contribution in [0.15, 0.2) is 53.5 Å². The van der Waals surface area contributed by atoms with Crippen LogP contribution in [0.4, 0.5) is 11.4 Å². The molecule has 0 radical (unpaired) electrons. The van der Waals surface area contributed by atoms with Crippen LogP contribution in [0.5, 0.6) is 5.75 Å². The Morgan fingerprint density at radius 2 is 1.88 bits per heavy atom. The van der Waals surface area contributed by atoms with Gasteiger partial charge in [-0.1, -0.05) is 24.9 Å². The molecule has 0 saturated heterocycles. The number of rotatable bonds is 6. The maximum atomic E-state index is 12.2. The third-order valence-electron chi connectivity index (χ3n) is 3.79. The van der Waals surface area contributed by atoms with Gasteiger partial charge in [-0.2, -0.15) is 0 Å². The van der Waals surface area contributed by atoms with E-state index in [1.165, 1.54) is 0 Å². The SMILES string of the molecule is CCCCOc1ccc(N2C(=O)CN=C2Nc2ccc(Cl)cc2)cc1. The van der Waals surface area contributed by atoms with E-state index in [2.05, 4.69) is 17.2 Å². The van der Waals surface area contributed by atoms with Crippen molar-refractivity contribution in [3.8, 4) is 5.75 Å². The van der Waals surface area contributed by atoms with Crippen LogP contribution in [0, 0.1) is 0 Å². The van der Waals surface area contributed by atoms with Crippen molar-refractivity contribution in [1.29, 1.82) is 0 Å². The van der Waals surface area contributed by atoms with Crippen LogP contribution < -0.4 is 15.0 Å². The lowest BCUT2D eigenvalue weighted by atomic mass is 10.2. The molecule has 0 bridgehead atoms. The molecule has 5 nitrogen and oxygen atoms in total. The number of benzene rings is 2. The molecule has 3 rings (SSSR count). The molecular weight excluding hydrogens is 338 g/mol. The molecule has 0 saturated carbocycles. The summed E-state index contributed by atoms with van der Waals surface area (Å²) in [6.07, 6.45) is 2.12. The average molecular weight is 358 g/mol. The number of ether oxygens (including phenoxy) is 1. The second kappa shape index (κ2) is 8.03. The Morgan fingerprint density at radius 3 is 2.56 bits per heavy atom. The van der Waals surface area contributed by atoms with E-state index in [-0.39, 0.29) is 12.5 Å². The summed E-state index contributed by atoms with van der Waals surface area (Å²) in [5.74, 6) is 1.23. The summed E-state index contributed by atoms with van der Waals surface area (Å²) >= 11 is 5.90. The van der Waals surface area contributed by atoms with Gasteiger partial charge < -0.3 is 10.1 Å². The number of amides is 1. The van der Waals surface area contributed by atoms with Crippen LogP contribution in [0.1, 0.15) is 19.8 Å². The lowest BCUT2D eigenvalue weighted by molar-refractivity contribution is -0.115. The fraction of sp³-hybridized carbons (Fsp3) is 0.263. The summed E-state index contributed by atoms with van der Waals surface area (Å²) in [7, 11) is 0. The van der Waals surface area contributed by atoms with Gasteiger partial charge in [0.05, 0.1) is 12.3 Å². The average Bonchev–Trinajstić information content (AvgIpc) is 2.98. The van der Waals surface area contributed by atoms with Crippen molar-refractivity contribution < 1.29 is 9.53 Å². The van der Waals surface area contributed by atoms with Crippen LogP contribution >= 0.6 is 11.6 Å². The summed E-state index contributed by atoms with van der Waals surface area (Å²) in [5, 5.41) is 3.83. The zero-order valence-electron chi connectivity index (χ0n) is 14.0. The van der Waals surface area contributed by atoms with Crippen LogP contribution in [-0.2, 0) is 4.79 Å². The number of unbranched alkanes of at least 4 members (excludes halogenated alkanes) is 1. The van der Waals surface area contributed by atoms with E-state index >= 15 is 0 Å². The minimum Gasteiger partial charge on any atom is -0.494 e. The predicted molar refractivity (Wildman–Crippen MR) is 102 cm³/mol. The smallest absolute Gasteiger partial charge is 0.255 e. The molecule has 1 heterocycles. The second-order valence-electron chi connectivity index (χ2n) is 5.70. The second-order valence-corrected chi connectivity index (χ2v) is 6.13. The van der Waals surface area contributed by atoms with Crippen LogP contribution in [0.25, 0.3) is 0 Å². The standard InChI is InChI=1S/C19H20ClN3O2/c1-2-3-12-25-17-10-8-16(9-11-17)23-18(24)13-21-19(23)22-15-6-4-14(20)5-7-15/h4-11H,2-3,12-13H2,1H3,(H,21,22). The molecule has 0 aromatic heterocycles. The van der Waals surface area contributed by atoms with Gasteiger partial charge in [-0.3, -0.25) is 4.79 Å². The number of hydrogen-bond donors (Lipinski definition) is 1. The van der Waals surface area contributed by atoms with Crippen LogP contribution in [0.2, 0.25) is 5.02 Å². The Bertz CT molecular complexity index is 757. The van der Waals surface area contributed by atoms with Gasteiger partial charge in [-0.25, -0.2) is 9.89 Å². The molecule has 1 aliphatic heterocycles. The molecule has 25 heavy (non-hydrogen) atoms. The Hall–Kier alpha value is -2.53. The topological polar surface area (TPSA) is 53.9 Å². The number of carbonyl (C=O) groups is 1. The maximum absolute atomic E-state index is 12.2. The first-order valence-corrected chi connectivity index (χ1v) is 8.68. The lowest BCUT2D eigenvalue weighted by Gasteiger charge is -2.20. The first-order valence-electron chi connectivity index (χ1n) is 8.30. The van der Waals surface area contributed by atoms with E-state index in [1.54, 1.807) is 17.0 Å². The molecule has 0 unspecified atom stereocenters. The molecule has 6 heteroatoms. The van der Waals surface area contributed by atoms with E-state index in [0.29, 0.717) is 17.6 Å². The number of aliphatic imine (C=N–C) groups is 1.